The summed E-state index contributed by atoms with van der Waals surface area (Å²) in [6, 6.07) is 10.4. The second-order valence-corrected chi connectivity index (χ2v) is 9.76. The first-order valence-corrected chi connectivity index (χ1v) is 8.07. The first-order chi connectivity index (χ1) is 5.58. The molecule has 0 heterocycles. The quantitative estimate of drug-likeness (QED) is 0.703. The van der Waals surface area contributed by atoms with Crippen molar-refractivity contribution in [3.8, 4) is 0 Å². The third-order valence-corrected chi connectivity index (χ3v) is 2.83. The van der Waals surface area contributed by atoms with E-state index < -0.39 is 8.07 Å². The lowest BCUT2D eigenvalue weighted by Crippen LogP contribution is -2.31. The van der Waals surface area contributed by atoms with E-state index in [0.29, 0.717) is 0 Å². The molecule has 1 nitrogen and oxygen atoms in total. The molecule has 0 bridgehead atoms. The number of rotatable bonds is 3. The van der Waals surface area contributed by atoms with Gasteiger partial charge in [0.1, 0.15) is 0 Å². The van der Waals surface area contributed by atoms with Crippen LogP contribution in [0.3, 0.4) is 0 Å². The third kappa shape index (κ3) is 3.58. The molecule has 0 aliphatic heterocycles. The Morgan fingerprint density at radius 2 is 1.67 bits per heavy atom. The maximum atomic E-state index is 3.45. The van der Waals surface area contributed by atoms with Crippen LogP contribution in [0.2, 0.25) is 19.6 Å². The van der Waals surface area contributed by atoms with Crippen molar-refractivity contribution in [3.05, 3.63) is 30.3 Å². The summed E-state index contributed by atoms with van der Waals surface area (Å²) in [6.07, 6.45) is 1.15. The van der Waals surface area contributed by atoms with Gasteiger partial charge in [-0.05, 0) is 12.1 Å². The largest absolute Gasteiger partial charge is 0.388 e. The summed E-state index contributed by atoms with van der Waals surface area (Å²) in [5, 5.41) is 3.45. The summed E-state index contributed by atoms with van der Waals surface area (Å²) in [7, 11) is -0.951. The highest BCUT2D eigenvalue weighted by molar-refractivity contribution is 6.76. The second-order valence-electron chi connectivity index (χ2n) is 4.28. The van der Waals surface area contributed by atoms with Crippen molar-refractivity contribution in [2.45, 2.75) is 19.6 Å². The molecule has 66 valence electrons. The van der Waals surface area contributed by atoms with Crippen molar-refractivity contribution in [1.29, 1.82) is 0 Å². The third-order valence-electron chi connectivity index (χ3n) is 1.60. The first-order valence-electron chi connectivity index (χ1n) is 4.37. The molecule has 12 heavy (non-hydrogen) atoms. The SMILES string of the molecule is C[Si](C)(C)CNc1ccccc1. The molecular weight excluding hydrogens is 162 g/mol. The molecule has 1 aromatic rings. The highest BCUT2D eigenvalue weighted by atomic mass is 28.3. The molecule has 1 N–H and O–H groups in total. The number of hydrogen-bond donors (Lipinski definition) is 1. The molecule has 0 radical (unpaired) electrons. The molecule has 2 heteroatoms. The van der Waals surface area contributed by atoms with Crippen LogP contribution >= 0.6 is 0 Å². The van der Waals surface area contributed by atoms with Crippen LogP contribution in [0.25, 0.3) is 0 Å². The van der Waals surface area contributed by atoms with Crippen molar-refractivity contribution in [2.75, 3.05) is 11.5 Å². The minimum Gasteiger partial charge on any atom is -0.388 e. The summed E-state index contributed by atoms with van der Waals surface area (Å²) in [4.78, 5) is 0. The number of anilines is 1. The maximum Gasteiger partial charge on any atom is 0.0662 e. The van der Waals surface area contributed by atoms with Crippen LogP contribution in [-0.2, 0) is 0 Å². The number of nitrogens with one attached hydrogen (secondary N) is 1. The normalized spacial score (nSPS) is 11.2. The Hall–Kier alpha value is -0.763. The lowest BCUT2D eigenvalue weighted by molar-refractivity contribution is 1.36. The van der Waals surface area contributed by atoms with Crippen molar-refractivity contribution in [2.24, 2.45) is 0 Å². The second kappa shape index (κ2) is 3.76. The van der Waals surface area contributed by atoms with E-state index in [1.807, 2.05) is 6.07 Å². The first kappa shape index (κ1) is 9.33. The lowest BCUT2D eigenvalue weighted by atomic mass is 10.3. The van der Waals surface area contributed by atoms with Crippen LogP contribution in [0.5, 0.6) is 0 Å². The Bertz CT molecular complexity index is 225. The number of benzene rings is 1. The van der Waals surface area contributed by atoms with Crippen LogP contribution in [0.15, 0.2) is 30.3 Å². The molecule has 0 saturated heterocycles. The summed E-state index contributed by atoms with van der Waals surface area (Å²) in [6.45, 7) is 7.09. The average molecular weight is 179 g/mol. The van der Waals surface area contributed by atoms with Gasteiger partial charge in [0.2, 0.25) is 0 Å². The molecule has 0 spiro atoms. The van der Waals surface area contributed by atoms with Gasteiger partial charge in [0.15, 0.2) is 0 Å². The van der Waals surface area contributed by atoms with Crippen molar-refractivity contribution < 1.29 is 0 Å². The zero-order valence-electron chi connectivity index (χ0n) is 8.09. The summed E-state index contributed by atoms with van der Waals surface area (Å²) in [5.41, 5.74) is 1.24. The van der Waals surface area contributed by atoms with Crippen LogP contribution in [-0.4, -0.2) is 14.2 Å². The van der Waals surface area contributed by atoms with Gasteiger partial charge < -0.3 is 5.32 Å². The van der Waals surface area contributed by atoms with Crippen molar-refractivity contribution >= 4 is 13.8 Å². The average Bonchev–Trinajstić information content (AvgIpc) is 2.02. The Balaban J connectivity index is 2.44. The summed E-state index contributed by atoms with van der Waals surface area (Å²) in [5.74, 6) is 0. The topological polar surface area (TPSA) is 12.0 Å². The van der Waals surface area contributed by atoms with E-state index in [-0.39, 0.29) is 0 Å². The molecule has 0 aliphatic carbocycles. The van der Waals surface area contributed by atoms with Gasteiger partial charge in [0.05, 0.1) is 8.07 Å². The van der Waals surface area contributed by atoms with Gasteiger partial charge in [-0.3, -0.25) is 0 Å². The fraction of sp³-hybridized carbons (Fsp3) is 0.400. The zero-order valence-corrected chi connectivity index (χ0v) is 9.09. The molecule has 0 aromatic heterocycles. The molecule has 1 aromatic carbocycles. The Kier molecular flexibility index (Phi) is 2.92. The highest BCUT2D eigenvalue weighted by Gasteiger charge is 2.11. The standard InChI is InChI=1S/C10H17NSi/c1-12(2,3)9-11-10-7-5-4-6-8-10/h4-8,11H,9H2,1-3H3. The summed E-state index contributed by atoms with van der Waals surface area (Å²) < 4.78 is 0. The van der Waals surface area contributed by atoms with Crippen LogP contribution in [0.1, 0.15) is 0 Å². The number of hydrogen-bond acceptors (Lipinski definition) is 1. The van der Waals surface area contributed by atoms with Crippen LogP contribution in [0.4, 0.5) is 5.69 Å². The van der Waals surface area contributed by atoms with E-state index in [0.717, 1.165) is 6.17 Å². The minimum absolute atomic E-state index is 0.951. The van der Waals surface area contributed by atoms with Gasteiger partial charge in [-0.2, -0.15) is 0 Å². The molecule has 0 fully saturated rings. The predicted molar refractivity (Wildman–Crippen MR) is 58.3 cm³/mol. The van der Waals surface area contributed by atoms with Crippen molar-refractivity contribution in [1.82, 2.24) is 0 Å². The van der Waals surface area contributed by atoms with Crippen molar-refractivity contribution in [3.63, 3.8) is 0 Å². The zero-order chi connectivity index (χ0) is 9.03. The van der Waals surface area contributed by atoms with E-state index in [4.69, 9.17) is 0 Å². The van der Waals surface area contributed by atoms with Crippen LogP contribution < -0.4 is 5.32 Å². The molecule has 0 saturated carbocycles. The van der Waals surface area contributed by atoms with Crippen LogP contribution in [0, 0.1) is 0 Å². The maximum absolute atomic E-state index is 3.45. The van der Waals surface area contributed by atoms with E-state index in [1.54, 1.807) is 0 Å². The fourth-order valence-corrected chi connectivity index (χ4v) is 1.66. The molecule has 0 aliphatic rings. The predicted octanol–water partition coefficient (Wildman–Crippen LogP) is 2.98. The van der Waals surface area contributed by atoms with Gasteiger partial charge >= 0.3 is 0 Å². The van der Waals surface area contributed by atoms with E-state index in [2.05, 4.69) is 49.2 Å². The van der Waals surface area contributed by atoms with Gasteiger partial charge in [-0.1, -0.05) is 37.8 Å². The van der Waals surface area contributed by atoms with Gasteiger partial charge in [0.25, 0.3) is 0 Å². The van der Waals surface area contributed by atoms with Gasteiger partial charge in [0, 0.05) is 11.9 Å². The summed E-state index contributed by atoms with van der Waals surface area (Å²) >= 11 is 0. The number of para-hydroxylation sites is 1. The van der Waals surface area contributed by atoms with E-state index in [9.17, 15) is 0 Å². The highest BCUT2D eigenvalue weighted by Crippen LogP contribution is 2.07. The van der Waals surface area contributed by atoms with Gasteiger partial charge in [-0.25, -0.2) is 0 Å². The smallest absolute Gasteiger partial charge is 0.0662 e. The molecule has 0 unspecified atom stereocenters. The molecule has 1 rings (SSSR count). The fourth-order valence-electron chi connectivity index (χ4n) is 0.923. The van der Waals surface area contributed by atoms with E-state index in [1.165, 1.54) is 5.69 Å². The molecule has 0 atom stereocenters. The Labute approximate surface area is 75.8 Å². The molecular formula is C10H17NSi. The minimum atomic E-state index is -0.951. The Morgan fingerprint density at radius 1 is 1.08 bits per heavy atom. The Morgan fingerprint density at radius 3 is 2.17 bits per heavy atom. The monoisotopic (exact) mass is 179 g/mol. The van der Waals surface area contributed by atoms with Gasteiger partial charge in [-0.15, -0.1) is 0 Å². The lowest BCUT2D eigenvalue weighted by Gasteiger charge is -2.17. The van der Waals surface area contributed by atoms with E-state index >= 15 is 0 Å². The molecule has 0 amide bonds.